The third-order valence-corrected chi connectivity index (χ3v) is 13.0. The zero-order chi connectivity index (χ0) is 42.2. The molecule has 11 rings (SSSR count). The van der Waals surface area contributed by atoms with Crippen molar-refractivity contribution in [3.05, 3.63) is 271 Å². The van der Waals surface area contributed by atoms with Crippen LogP contribution in [0.15, 0.2) is 255 Å². The minimum atomic E-state index is -0.352. The van der Waals surface area contributed by atoms with Gasteiger partial charge in [-0.1, -0.05) is 237 Å². The molecule has 1 heteroatoms. The summed E-state index contributed by atoms with van der Waals surface area (Å²) in [4.78, 5) is 2.54. The van der Waals surface area contributed by atoms with Gasteiger partial charge >= 0.3 is 0 Å². The molecule has 10 aromatic carbocycles. The van der Waals surface area contributed by atoms with Gasteiger partial charge in [0.15, 0.2) is 0 Å². The summed E-state index contributed by atoms with van der Waals surface area (Å²) >= 11 is 0. The summed E-state index contributed by atoms with van der Waals surface area (Å²) in [5, 5.41) is 0. The summed E-state index contributed by atoms with van der Waals surface area (Å²) in [6.07, 6.45) is 0. The molecular formula is C62H45N. The van der Waals surface area contributed by atoms with E-state index in [0.29, 0.717) is 0 Å². The van der Waals surface area contributed by atoms with Gasteiger partial charge in [-0.2, -0.15) is 0 Å². The van der Waals surface area contributed by atoms with Crippen molar-refractivity contribution < 1.29 is 0 Å². The third kappa shape index (κ3) is 6.58. The zero-order valence-corrected chi connectivity index (χ0v) is 35.2. The minimum absolute atomic E-state index is 0.352. The molecule has 1 atom stereocenters. The van der Waals surface area contributed by atoms with E-state index in [2.05, 4.69) is 267 Å². The largest absolute Gasteiger partial charge is 0.309 e. The van der Waals surface area contributed by atoms with E-state index < -0.39 is 0 Å². The van der Waals surface area contributed by atoms with Crippen LogP contribution in [0.2, 0.25) is 0 Å². The van der Waals surface area contributed by atoms with Crippen LogP contribution in [-0.2, 0) is 5.41 Å². The van der Waals surface area contributed by atoms with Gasteiger partial charge in [-0.15, -0.1) is 0 Å². The van der Waals surface area contributed by atoms with E-state index in [9.17, 15) is 0 Å². The third-order valence-electron chi connectivity index (χ3n) is 13.0. The number of hydrogen-bond donors (Lipinski definition) is 0. The van der Waals surface area contributed by atoms with E-state index in [1.165, 1.54) is 66.8 Å². The Hall–Kier alpha value is -8.00. The normalized spacial score (nSPS) is 13.9. The first-order chi connectivity index (χ1) is 31.2. The molecule has 1 aliphatic carbocycles. The van der Waals surface area contributed by atoms with Crippen molar-refractivity contribution in [3.8, 4) is 66.8 Å². The van der Waals surface area contributed by atoms with E-state index in [1.54, 1.807) is 0 Å². The van der Waals surface area contributed by atoms with Crippen molar-refractivity contribution in [2.75, 3.05) is 4.90 Å². The topological polar surface area (TPSA) is 3.24 Å². The van der Waals surface area contributed by atoms with Gasteiger partial charge in [0.1, 0.15) is 0 Å². The van der Waals surface area contributed by atoms with Crippen LogP contribution in [0.5, 0.6) is 0 Å². The predicted molar refractivity (Wildman–Crippen MR) is 266 cm³/mol. The van der Waals surface area contributed by atoms with Gasteiger partial charge in [0.05, 0.1) is 17.1 Å². The molecule has 10 aromatic rings. The van der Waals surface area contributed by atoms with E-state index in [4.69, 9.17) is 0 Å². The Kier molecular flexibility index (Phi) is 9.71. The van der Waals surface area contributed by atoms with Crippen molar-refractivity contribution in [2.45, 2.75) is 12.3 Å². The maximum Gasteiger partial charge on any atom is 0.0543 e. The SMILES string of the molecule is CC1(c2ccccc2)c2ccccc2-c2c(N(c3ccccc3-c3ccc(-c4ccccc4)cc3)c3ccccc3-c3ccccc3-c3ccccc3-c3ccccc3)cccc21. The highest BCUT2D eigenvalue weighted by molar-refractivity contribution is 6.03. The first-order valence-corrected chi connectivity index (χ1v) is 21.9. The molecule has 1 nitrogen and oxygen atoms in total. The van der Waals surface area contributed by atoms with E-state index in [0.717, 1.165) is 33.8 Å². The smallest absolute Gasteiger partial charge is 0.0543 e. The monoisotopic (exact) mass is 803 g/mol. The minimum Gasteiger partial charge on any atom is -0.309 e. The molecule has 0 amide bonds. The lowest BCUT2D eigenvalue weighted by Crippen LogP contribution is -2.22. The number of para-hydroxylation sites is 2. The van der Waals surface area contributed by atoms with Crippen LogP contribution in [0.3, 0.4) is 0 Å². The van der Waals surface area contributed by atoms with E-state index in [1.807, 2.05) is 0 Å². The fourth-order valence-corrected chi connectivity index (χ4v) is 10.0. The molecule has 0 aliphatic heterocycles. The first-order valence-electron chi connectivity index (χ1n) is 21.9. The van der Waals surface area contributed by atoms with Gasteiger partial charge in [0.25, 0.3) is 0 Å². The van der Waals surface area contributed by atoms with Gasteiger partial charge in [-0.05, 0) is 91.9 Å². The molecule has 0 bridgehead atoms. The Bertz CT molecular complexity index is 3220. The molecule has 0 radical (unpaired) electrons. The van der Waals surface area contributed by atoms with Gasteiger partial charge in [0.2, 0.25) is 0 Å². The lowest BCUT2D eigenvalue weighted by atomic mass is 9.74. The summed E-state index contributed by atoms with van der Waals surface area (Å²) < 4.78 is 0. The summed E-state index contributed by atoms with van der Waals surface area (Å²) in [5.74, 6) is 0. The molecule has 0 aromatic heterocycles. The highest BCUT2D eigenvalue weighted by Crippen LogP contribution is 2.58. The van der Waals surface area contributed by atoms with E-state index >= 15 is 0 Å². The molecule has 1 aliphatic rings. The van der Waals surface area contributed by atoms with Crippen molar-refractivity contribution in [1.29, 1.82) is 0 Å². The van der Waals surface area contributed by atoms with Crippen LogP contribution >= 0.6 is 0 Å². The number of hydrogen-bond acceptors (Lipinski definition) is 1. The fraction of sp³-hybridized carbons (Fsp3) is 0.0323. The zero-order valence-electron chi connectivity index (χ0n) is 35.2. The quantitative estimate of drug-likeness (QED) is 0.140. The van der Waals surface area contributed by atoms with Crippen molar-refractivity contribution in [1.82, 2.24) is 0 Å². The second kappa shape index (κ2) is 16.1. The molecule has 298 valence electrons. The number of fused-ring (bicyclic) bond motifs is 3. The molecule has 0 fully saturated rings. The van der Waals surface area contributed by atoms with Gasteiger partial charge in [-0.25, -0.2) is 0 Å². The Labute approximate surface area is 370 Å². The number of anilines is 3. The Morgan fingerprint density at radius 1 is 0.254 bits per heavy atom. The van der Waals surface area contributed by atoms with Crippen molar-refractivity contribution in [2.24, 2.45) is 0 Å². The van der Waals surface area contributed by atoms with Crippen LogP contribution in [0.25, 0.3) is 66.8 Å². The molecule has 1 unspecified atom stereocenters. The van der Waals surface area contributed by atoms with Gasteiger partial charge in [0, 0.05) is 22.1 Å². The molecule has 63 heavy (non-hydrogen) atoms. The summed E-state index contributed by atoms with van der Waals surface area (Å²) in [6.45, 7) is 2.40. The van der Waals surface area contributed by atoms with Crippen LogP contribution < -0.4 is 4.90 Å². The van der Waals surface area contributed by atoms with Gasteiger partial charge < -0.3 is 4.90 Å². The molecule has 0 heterocycles. The second-order valence-electron chi connectivity index (χ2n) is 16.5. The Morgan fingerprint density at radius 2 is 0.635 bits per heavy atom. The second-order valence-corrected chi connectivity index (χ2v) is 16.5. The maximum absolute atomic E-state index is 2.54. The first kappa shape index (κ1) is 38.0. The highest BCUT2D eigenvalue weighted by Gasteiger charge is 2.42. The molecule has 0 saturated carbocycles. The predicted octanol–water partition coefficient (Wildman–Crippen LogP) is 16.8. The molecular weight excluding hydrogens is 759 g/mol. The number of benzene rings is 10. The van der Waals surface area contributed by atoms with E-state index in [-0.39, 0.29) is 5.41 Å². The average molecular weight is 804 g/mol. The van der Waals surface area contributed by atoms with Crippen LogP contribution in [0.4, 0.5) is 17.1 Å². The molecule has 0 N–H and O–H groups in total. The summed E-state index contributed by atoms with van der Waals surface area (Å²) in [6, 6.07) is 93.0. The average Bonchev–Trinajstić information content (AvgIpc) is 3.64. The van der Waals surface area contributed by atoms with Gasteiger partial charge in [-0.3, -0.25) is 0 Å². The summed E-state index contributed by atoms with van der Waals surface area (Å²) in [7, 11) is 0. The van der Waals surface area contributed by atoms with Crippen LogP contribution in [0, 0.1) is 0 Å². The summed E-state index contributed by atoms with van der Waals surface area (Å²) in [5.41, 5.74) is 21.3. The fourth-order valence-electron chi connectivity index (χ4n) is 10.0. The molecule has 0 spiro atoms. The van der Waals surface area contributed by atoms with Crippen LogP contribution in [0.1, 0.15) is 23.6 Å². The number of rotatable bonds is 9. The van der Waals surface area contributed by atoms with Crippen molar-refractivity contribution in [3.63, 3.8) is 0 Å². The lowest BCUT2D eigenvalue weighted by molar-refractivity contribution is 0.714. The Morgan fingerprint density at radius 3 is 1.29 bits per heavy atom. The molecule has 0 saturated heterocycles. The number of nitrogens with zero attached hydrogens (tertiary/aromatic N) is 1. The Balaban J connectivity index is 1.17. The lowest BCUT2D eigenvalue weighted by Gasteiger charge is -2.33. The highest BCUT2D eigenvalue weighted by atomic mass is 15.2. The standard InChI is InChI=1S/C62H45N/c1-62(48-26-9-4-10-27-48)56-35-18-15-34-55(56)61-57(62)36-21-39-60(61)63(58-37-19-16-29-50(58)47-42-40-45(41-43-47)44-22-5-2-6-23-44)59-38-20-17-33-54(59)53-32-14-13-31-52(53)51-30-12-11-28-49(51)46-24-7-3-8-25-46/h2-43H,1H3. The van der Waals surface area contributed by atoms with Crippen molar-refractivity contribution >= 4 is 17.1 Å². The van der Waals surface area contributed by atoms with Crippen LogP contribution in [-0.4, -0.2) is 0 Å². The maximum atomic E-state index is 2.54.